The summed E-state index contributed by atoms with van der Waals surface area (Å²) >= 11 is 0. The first kappa shape index (κ1) is 13.5. The SMILES string of the molecule is CCNC(Cc1ccccn1)C1CCC(C)CC1. The highest BCUT2D eigenvalue weighted by atomic mass is 14.9. The van der Waals surface area contributed by atoms with Gasteiger partial charge in [0.15, 0.2) is 0 Å². The minimum atomic E-state index is 0.609. The van der Waals surface area contributed by atoms with E-state index in [1.54, 1.807) is 0 Å². The van der Waals surface area contributed by atoms with E-state index in [9.17, 15) is 0 Å². The van der Waals surface area contributed by atoms with Gasteiger partial charge in [-0.3, -0.25) is 4.98 Å². The summed E-state index contributed by atoms with van der Waals surface area (Å²) in [5.41, 5.74) is 1.22. The van der Waals surface area contributed by atoms with E-state index in [1.165, 1.54) is 31.4 Å². The van der Waals surface area contributed by atoms with Crippen molar-refractivity contribution in [3.05, 3.63) is 30.1 Å². The Morgan fingerprint density at radius 1 is 1.28 bits per heavy atom. The first-order valence-electron chi connectivity index (χ1n) is 7.43. The molecular formula is C16H26N2. The van der Waals surface area contributed by atoms with Crippen LogP contribution in [0.1, 0.15) is 45.2 Å². The minimum absolute atomic E-state index is 0.609. The van der Waals surface area contributed by atoms with Gasteiger partial charge in [0.2, 0.25) is 0 Å². The van der Waals surface area contributed by atoms with Gasteiger partial charge < -0.3 is 5.32 Å². The maximum absolute atomic E-state index is 4.47. The van der Waals surface area contributed by atoms with E-state index in [2.05, 4.69) is 36.3 Å². The summed E-state index contributed by atoms with van der Waals surface area (Å²) in [5, 5.41) is 3.68. The van der Waals surface area contributed by atoms with Crippen LogP contribution in [0.3, 0.4) is 0 Å². The van der Waals surface area contributed by atoms with Crippen LogP contribution in [0.2, 0.25) is 0 Å². The van der Waals surface area contributed by atoms with Crippen LogP contribution in [-0.2, 0) is 6.42 Å². The van der Waals surface area contributed by atoms with Crippen LogP contribution in [0.4, 0.5) is 0 Å². The molecule has 1 aromatic heterocycles. The first-order chi connectivity index (χ1) is 8.79. The molecule has 1 saturated carbocycles. The summed E-state index contributed by atoms with van der Waals surface area (Å²) in [6, 6.07) is 6.84. The van der Waals surface area contributed by atoms with Gasteiger partial charge in [-0.1, -0.05) is 32.8 Å². The van der Waals surface area contributed by atoms with Gasteiger partial charge in [-0.05, 0) is 43.4 Å². The van der Waals surface area contributed by atoms with Gasteiger partial charge >= 0.3 is 0 Å². The fourth-order valence-electron chi connectivity index (χ4n) is 3.10. The van der Waals surface area contributed by atoms with E-state index >= 15 is 0 Å². The zero-order valence-corrected chi connectivity index (χ0v) is 11.7. The van der Waals surface area contributed by atoms with Crippen molar-refractivity contribution >= 4 is 0 Å². The number of likely N-dealkylation sites (N-methyl/N-ethyl adjacent to an activating group) is 1. The quantitative estimate of drug-likeness (QED) is 0.861. The Bertz CT molecular complexity index is 328. The van der Waals surface area contributed by atoms with E-state index in [1.807, 2.05) is 12.3 Å². The Labute approximate surface area is 111 Å². The van der Waals surface area contributed by atoms with Crippen molar-refractivity contribution in [2.24, 2.45) is 11.8 Å². The van der Waals surface area contributed by atoms with Crippen LogP contribution in [-0.4, -0.2) is 17.6 Å². The summed E-state index contributed by atoms with van der Waals surface area (Å²) in [6.45, 7) is 5.65. The lowest BCUT2D eigenvalue weighted by Gasteiger charge is -2.33. The predicted molar refractivity (Wildman–Crippen MR) is 76.5 cm³/mol. The number of rotatable bonds is 5. The molecule has 1 aliphatic rings. The zero-order chi connectivity index (χ0) is 12.8. The molecule has 2 heteroatoms. The molecule has 0 spiro atoms. The Kier molecular flexibility index (Phi) is 5.18. The maximum atomic E-state index is 4.47. The minimum Gasteiger partial charge on any atom is -0.314 e. The highest BCUT2D eigenvalue weighted by Crippen LogP contribution is 2.31. The molecule has 1 fully saturated rings. The van der Waals surface area contributed by atoms with Crippen molar-refractivity contribution in [2.75, 3.05) is 6.54 Å². The molecule has 1 unspecified atom stereocenters. The average molecular weight is 246 g/mol. The Morgan fingerprint density at radius 3 is 2.67 bits per heavy atom. The predicted octanol–water partition coefficient (Wildman–Crippen LogP) is 3.43. The van der Waals surface area contributed by atoms with Gasteiger partial charge in [0, 0.05) is 24.4 Å². The molecule has 1 heterocycles. The zero-order valence-electron chi connectivity index (χ0n) is 11.7. The highest BCUT2D eigenvalue weighted by molar-refractivity contribution is 5.06. The molecule has 1 atom stereocenters. The fraction of sp³-hybridized carbons (Fsp3) is 0.688. The molecule has 18 heavy (non-hydrogen) atoms. The van der Waals surface area contributed by atoms with E-state index in [0.717, 1.165) is 24.8 Å². The molecular weight excluding hydrogens is 220 g/mol. The number of hydrogen-bond acceptors (Lipinski definition) is 2. The lowest BCUT2D eigenvalue weighted by Crippen LogP contribution is -2.39. The molecule has 1 aliphatic carbocycles. The fourth-order valence-corrected chi connectivity index (χ4v) is 3.10. The third-order valence-corrected chi connectivity index (χ3v) is 4.25. The topological polar surface area (TPSA) is 24.9 Å². The molecule has 0 aromatic carbocycles. The van der Waals surface area contributed by atoms with Crippen LogP contribution in [0, 0.1) is 11.8 Å². The molecule has 2 rings (SSSR count). The largest absolute Gasteiger partial charge is 0.314 e. The molecule has 1 aromatic rings. The van der Waals surface area contributed by atoms with Crippen molar-refractivity contribution in [1.29, 1.82) is 0 Å². The number of pyridine rings is 1. The summed E-state index contributed by atoms with van der Waals surface area (Å²) in [6.07, 6.45) is 8.54. The monoisotopic (exact) mass is 246 g/mol. The van der Waals surface area contributed by atoms with E-state index in [4.69, 9.17) is 0 Å². The summed E-state index contributed by atoms with van der Waals surface area (Å²) in [5.74, 6) is 1.77. The van der Waals surface area contributed by atoms with Gasteiger partial charge in [0.1, 0.15) is 0 Å². The Hall–Kier alpha value is -0.890. The molecule has 0 radical (unpaired) electrons. The van der Waals surface area contributed by atoms with Crippen LogP contribution in [0.25, 0.3) is 0 Å². The molecule has 0 aliphatic heterocycles. The molecule has 100 valence electrons. The summed E-state index contributed by atoms with van der Waals surface area (Å²) < 4.78 is 0. The van der Waals surface area contributed by atoms with E-state index < -0.39 is 0 Å². The molecule has 0 saturated heterocycles. The van der Waals surface area contributed by atoms with E-state index in [-0.39, 0.29) is 0 Å². The van der Waals surface area contributed by atoms with Gasteiger partial charge in [-0.25, -0.2) is 0 Å². The standard InChI is InChI=1S/C16H26N2/c1-3-17-16(12-15-6-4-5-11-18-15)14-9-7-13(2)8-10-14/h4-6,11,13-14,16-17H,3,7-10,12H2,1-2H3. The van der Waals surface area contributed by atoms with Crippen molar-refractivity contribution in [3.8, 4) is 0 Å². The molecule has 0 bridgehead atoms. The second-order valence-electron chi connectivity index (χ2n) is 5.71. The molecule has 1 N–H and O–H groups in total. The number of hydrogen-bond donors (Lipinski definition) is 1. The van der Waals surface area contributed by atoms with Crippen molar-refractivity contribution in [3.63, 3.8) is 0 Å². The smallest absolute Gasteiger partial charge is 0.0419 e. The second kappa shape index (κ2) is 6.89. The lowest BCUT2D eigenvalue weighted by molar-refractivity contribution is 0.229. The van der Waals surface area contributed by atoms with Crippen molar-refractivity contribution in [1.82, 2.24) is 10.3 Å². The molecule has 0 amide bonds. The van der Waals surface area contributed by atoms with Gasteiger partial charge in [-0.15, -0.1) is 0 Å². The van der Waals surface area contributed by atoms with Crippen LogP contribution < -0.4 is 5.32 Å². The van der Waals surface area contributed by atoms with Gasteiger partial charge in [0.25, 0.3) is 0 Å². The van der Waals surface area contributed by atoms with Crippen molar-refractivity contribution < 1.29 is 0 Å². The Morgan fingerprint density at radius 2 is 2.06 bits per heavy atom. The number of aromatic nitrogens is 1. The number of nitrogens with one attached hydrogen (secondary N) is 1. The lowest BCUT2D eigenvalue weighted by atomic mass is 9.78. The highest BCUT2D eigenvalue weighted by Gasteiger charge is 2.25. The third-order valence-electron chi connectivity index (χ3n) is 4.25. The number of nitrogens with zero attached hydrogens (tertiary/aromatic N) is 1. The van der Waals surface area contributed by atoms with Gasteiger partial charge in [0.05, 0.1) is 0 Å². The molecule has 2 nitrogen and oxygen atoms in total. The normalized spacial score (nSPS) is 25.9. The summed E-state index contributed by atoms with van der Waals surface area (Å²) in [4.78, 5) is 4.47. The average Bonchev–Trinajstić information content (AvgIpc) is 2.40. The van der Waals surface area contributed by atoms with Crippen LogP contribution >= 0.6 is 0 Å². The maximum Gasteiger partial charge on any atom is 0.0419 e. The summed E-state index contributed by atoms with van der Waals surface area (Å²) in [7, 11) is 0. The van der Waals surface area contributed by atoms with Crippen molar-refractivity contribution in [2.45, 2.75) is 52.0 Å². The van der Waals surface area contributed by atoms with Crippen LogP contribution in [0.15, 0.2) is 24.4 Å². The van der Waals surface area contributed by atoms with Gasteiger partial charge in [-0.2, -0.15) is 0 Å². The van der Waals surface area contributed by atoms with E-state index in [0.29, 0.717) is 6.04 Å². The Balaban J connectivity index is 1.95. The third kappa shape index (κ3) is 3.81. The van der Waals surface area contributed by atoms with Crippen LogP contribution in [0.5, 0.6) is 0 Å². The second-order valence-corrected chi connectivity index (χ2v) is 5.71. The first-order valence-corrected chi connectivity index (χ1v) is 7.43.